The Morgan fingerprint density at radius 1 is 1.39 bits per heavy atom. The van der Waals surface area contributed by atoms with Gasteiger partial charge in [-0.05, 0) is 6.92 Å². The Balaban J connectivity index is 2.05. The van der Waals surface area contributed by atoms with Gasteiger partial charge in [0, 0.05) is 25.4 Å². The van der Waals surface area contributed by atoms with Crippen LogP contribution in [0, 0.1) is 0 Å². The zero-order valence-corrected chi connectivity index (χ0v) is 12.3. The number of alkyl halides is 4. The van der Waals surface area contributed by atoms with Crippen LogP contribution in [-0.4, -0.2) is 35.4 Å². The summed E-state index contributed by atoms with van der Waals surface area (Å²) in [6.45, 7) is 1.99. The van der Waals surface area contributed by atoms with E-state index in [1.807, 2.05) is 0 Å². The topological polar surface area (TPSA) is 55.3 Å². The van der Waals surface area contributed by atoms with Gasteiger partial charge in [-0.2, -0.15) is 13.2 Å². The molecule has 0 amide bonds. The fourth-order valence-electron chi connectivity index (χ4n) is 2.12. The molecule has 0 saturated heterocycles. The lowest BCUT2D eigenvalue weighted by Gasteiger charge is -2.30. The molecule has 126 valence electrons. The molecule has 0 aromatic carbocycles. The number of hydrogen-bond acceptors (Lipinski definition) is 5. The fraction of sp³-hybridized carbons (Fsp3) is 0.500. The van der Waals surface area contributed by atoms with Crippen LogP contribution in [0.25, 0.3) is 0 Å². The molecule has 2 heterocycles. The number of esters is 1. The summed E-state index contributed by atoms with van der Waals surface area (Å²) in [6.07, 6.45) is -3.24. The van der Waals surface area contributed by atoms with E-state index in [9.17, 15) is 22.4 Å². The van der Waals surface area contributed by atoms with Crippen LogP contribution < -0.4 is 4.90 Å². The summed E-state index contributed by atoms with van der Waals surface area (Å²) in [5.74, 6) is -0.567. The fourth-order valence-corrected chi connectivity index (χ4v) is 2.12. The van der Waals surface area contributed by atoms with Crippen molar-refractivity contribution in [1.82, 2.24) is 9.97 Å². The molecule has 5 nitrogen and oxygen atoms in total. The molecule has 23 heavy (non-hydrogen) atoms. The Bertz CT molecular complexity index is 587. The van der Waals surface area contributed by atoms with E-state index in [2.05, 4.69) is 9.97 Å². The molecule has 1 unspecified atom stereocenters. The second kappa shape index (κ2) is 6.93. The first kappa shape index (κ1) is 17.2. The Morgan fingerprint density at radius 3 is 2.57 bits per heavy atom. The number of nitrogens with zero attached hydrogens (tertiary/aromatic N) is 3. The average Bonchev–Trinajstić information content (AvgIpc) is 2.47. The quantitative estimate of drug-likeness (QED) is 0.367. The summed E-state index contributed by atoms with van der Waals surface area (Å²) in [7, 11) is 0. The summed E-state index contributed by atoms with van der Waals surface area (Å²) in [4.78, 5) is 19.6. The Hall–Kier alpha value is -2.19. The second-order valence-electron chi connectivity index (χ2n) is 4.90. The predicted molar refractivity (Wildman–Crippen MR) is 73.2 cm³/mol. The van der Waals surface area contributed by atoms with Crippen molar-refractivity contribution in [2.24, 2.45) is 0 Å². The minimum atomic E-state index is -4.54. The van der Waals surface area contributed by atoms with Crippen LogP contribution in [0.2, 0.25) is 0 Å². The molecule has 2 rings (SSSR count). The Labute approximate surface area is 130 Å². The zero-order valence-electron chi connectivity index (χ0n) is 12.3. The van der Waals surface area contributed by atoms with Crippen LogP contribution in [0.15, 0.2) is 24.0 Å². The van der Waals surface area contributed by atoms with Gasteiger partial charge in [0.05, 0.1) is 18.6 Å². The van der Waals surface area contributed by atoms with Crippen LogP contribution in [0.4, 0.5) is 23.5 Å². The van der Waals surface area contributed by atoms with Gasteiger partial charge in [0.15, 0.2) is 6.30 Å². The van der Waals surface area contributed by atoms with Crippen molar-refractivity contribution in [1.29, 1.82) is 0 Å². The van der Waals surface area contributed by atoms with Crippen LogP contribution >= 0.6 is 0 Å². The van der Waals surface area contributed by atoms with Crippen LogP contribution in [0.1, 0.15) is 25.3 Å². The molecule has 0 spiro atoms. The summed E-state index contributed by atoms with van der Waals surface area (Å²) >= 11 is 0. The average molecular weight is 333 g/mol. The van der Waals surface area contributed by atoms with Crippen molar-refractivity contribution in [3.63, 3.8) is 0 Å². The first-order chi connectivity index (χ1) is 10.8. The molecule has 1 atom stereocenters. The van der Waals surface area contributed by atoms with Gasteiger partial charge in [0.1, 0.15) is 0 Å². The number of aromatic nitrogens is 2. The SMILES string of the molecule is CCOC(=O)CC1=CCN(c2ncc(C(F)(F)F)cn2)C(F)C1. The molecule has 0 aliphatic carbocycles. The van der Waals surface area contributed by atoms with E-state index in [-0.39, 0.29) is 31.9 Å². The van der Waals surface area contributed by atoms with Crippen LogP contribution in [0.5, 0.6) is 0 Å². The molecule has 9 heteroatoms. The number of halogens is 4. The van der Waals surface area contributed by atoms with Crippen LogP contribution in [0.3, 0.4) is 0 Å². The standard InChI is InChI=1S/C14H15F4N3O2/c1-2-23-12(22)6-9-3-4-21(11(15)5-9)13-19-7-10(8-20-13)14(16,17)18/h3,7-8,11H,2,4-6H2,1H3. The van der Waals surface area contributed by atoms with Crippen molar-refractivity contribution in [3.8, 4) is 0 Å². The van der Waals surface area contributed by atoms with E-state index in [1.54, 1.807) is 13.0 Å². The highest BCUT2D eigenvalue weighted by atomic mass is 19.4. The molecule has 1 aromatic heterocycles. The van der Waals surface area contributed by atoms with Gasteiger partial charge in [-0.3, -0.25) is 4.79 Å². The summed E-state index contributed by atoms with van der Waals surface area (Å²) in [5, 5.41) is 0. The molecule has 1 aromatic rings. The highest BCUT2D eigenvalue weighted by Crippen LogP contribution is 2.29. The lowest BCUT2D eigenvalue weighted by Crippen LogP contribution is -2.37. The number of hydrogen-bond donors (Lipinski definition) is 0. The third-order valence-corrected chi connectivity index (χ3v) is 3.24. The van der Waals surface area contributed by atoms with Gasteiger partial charge >= 0.3 is 12.1 Å². The molecule has 1 aliphatic heterocycles. The minimum Gasteiger partial charge on any atom is -0.466 e. The predicted octanol–water partition coefficient (Wildman–Crippen LogP) is 2.88. The van der Waals surface area contributed by atoms with Crippen molar-refractivity contribution < 1.29 is 27.1 Å². The molecule has 0 radical (unpaired) electrons. The number of rotatable bonds is 4. The van der Waals surface area contributed by atoms with E-state index in [0.717, 1.165) is 4.90 Å². The number of anilines is 1. The molecule has 0 bridgehead atoms. The molecular weight excluding hydrogens is 318 g/mol. The van der Waals surface area contributed by atoms with E-state index in [1.165, 1.54) is 0 Å². The first-order valence-electron chi connectivity index (χ1n) is 6.94. The Kier molecular flexibility index (Phi) is 5.17. The maximum absolute atomic E-state index is 14.2. The molecule has 0 fully saturated rings. The minimum absolute atomic E-state index is 0.00400. The van der Waals surface area contributed by atoms with Crippen molar-refractivity contribution >= 4 is 11.9 Å². The largest absolute Gasteiger partial charge is 0.466 e. The maximum atomic E-state index is 14.2. The molecular formula is C14H15F4N3O2. The maximum Gasteiger partial charge on any atom is 0.419 e. The van der Waals surface area contributed by atoms with Crippen molar-refractivity contribution in [2.75, 3.05) is 18.1 Å². The van der Waals surface area contributed by atoms with Crippen molar-refractivity contribution in [2.45, 2.75) is 32.2 Å². The third-order valence-electron chi connectivity index (χ3n) is 3.24. The first-order valence-corrected chi connectivity index (χ1v) is 6.94. The van der Waals surface area contributed by atoms with E-state index in [0.29, 0.717) is 18.0 Å². The van der Waals surface area contributed by atoms with E-state index < -0.39 is 24.0 Å². The van der Waals surface area contributed by atoms with Gasteiger partial charge in [0.2, 0.25) is 5.95 Å². The van der Waals surface area contributed by atoms with Gasteiger partial charge in [-0.1, -0.05) is 11.6 Å². The molecule has 0 N–H and O–H groups in total. The Morgan fingerprint density at radius 2 is 2.04 bits per heavy atom. The lowest BCUT2D eigenvalue weighted by molar-refractivity contribution is -0.142. The van der Waals surface area contributed by atoms with E-state index >= 15 is 0 Å². The van der Waals surface area contributed by atoms with Gasteiger partial charge in [-0.25, -0.2) is 14.4 Å². The van der Waals surface area contributed by atoms with Gasteiger partial charge in [-0.15, -0.1) is 0 Å². The van der Waals surface area contributed by atoms with E-state index in [4.69, 9.17) is 4.74 Å². The number of ether oxygens (including phenoxy) is 1. The monoisotopic (exact) mass is 333 g/mol. The summed E-state index contributed by atoms with van der Waals surface area (Å²) in [6, 6.07) is 0. The smallest absolute Gasteiger partial charge is 0.419 e. The zero-order chi connectivity index (χ0) is 17.0. The highest BCUT2D eigenvalue weighted by Gasteiger charge is 2.32. The second-order valence-corrected chi connectivity index (χ2v) is 4.90. The van der Waals surface area contributed by atoms with Crippen molar-refractivity contribution in [3.05, 3.63) is 29.6 Å². The van der Waals surface area contributed by atoms with Gasteiger partial charge in [0.25, 0.3) is 0 Å². The lowest BCUT2D eigenvalue weighted by atomic mass is 10.0. The molecule has 1 aliphatic rings. The summed E-state index contributed by atoms with van der Waals surface area (Å²) < 4.78 is 56.3. The number of carbonyl (C=O) groups excluding carboxylic acids is 1. The van der Waals surface area contributed by atoms with Gasteiger partial charge < -0.3 is 9.64 Å². The number of carbonyl (C=O) groups is 1. The van der Waals surface area contributed by atoms with Crippen LogP contribution in [-0.2, 0) is 15.7 Å². The highest BCUT2D eigenvalue weighted by molar-refractivity contribution is 5.72. The molecule has 0 saturated carbocycles. The normalized spacial score (nSPS) is 18.6. The summed E-state index contributed by atoms with van der Waals surface area (Å²) in [5.41, 5.74) is -0.411. The third kappa shape index (κ3) is 4.40.